The van der Waals surface area contributed by atoms with Crippen molar-refractivity contribution in [1.82, 2.24) is 9.78 Å². The quantitative estimate of drug-likeness (QED) is 0.562. The van der Waals surface area contributed by atoms with Crippen molar-refractivity contribution in [3.8, 4) is 0 Å². The fourth-order valence-electron chi connectivity index (χ4n) is 2.29. The number of nitrogen functional groups attached to an aromatic ring is 1. The molecule has 0 unspecified atom stereocenters. The number of hydrogen-bond donors (Lipinski definition) is 4. The van der Waals surface area contributed by atoms with Crippen molar-refractivity contribution in [3.05, 3.63) is 6.20 Å². The first-order valence-corrected chi connectivity index (χ1v) is 5.48. The zero-order valence-electron chi connectivity index (χ0n) is 9.19. The lowest BCUT2D eigenvalue weighted by molar-refractivity contribution is 0.115. The Labute approximate surface area is 94.1 Å². The Hall–Kier alpha value is -1.27. The molecule has 2 rings (SSSR count). The molecule has 1 aliphatic heterocycles. The molecule has 0 saturated carbocycles. The SMILES string of the molecule is Nc1cnn2c1NCC(CCO)(CCO)C2. The molecule has 0 aromatic carbocycles. The highest BCUT2D eigenvalue weighted by molar-refractivity contribution is 5.61. The molecule has 0 saturated heterocycles. The molecule has 16 heavy (non-hydrogen) atoms. The van der Waals surface area contributed by atoms with E-state index in [9.17, 15) is 0 Å². The van der Waals surface area contributed by atoms with Gasteiger partial charge in [-0.05, 0) is 12.8 Å². The van der Waals surface area contributed by atoms with Crippen LogP contribution in [0.3, 0.4) is 0 Å². The first kappa shape index (κ1) is 11.2. The minimum Gasteiger partial charge on any atom is -0.396 e. The molecule has 1 aliphatic rings. The zero-order chi connectivity index (χ0) is 11.6. The monoisotopic (exact) mass is 226 g/mol. The summed E-state index contributed by atoms with van der Waals surface area (Å²) < 4.78 is 1.81. The van der Waals surface area contributed by atoms with Gasteiger partial charge in [-0.1, -0.05) is 0 Å². The van der Waals surface area contributed by atoms with Crippen molar-refractivity contribution in [1.29, 1.82) is 0 Å². The number of nitrogens with two attached hydrogens (primary N) is 1. The van der Waals surface area contributed by atoms with Gasteiger partial charge in [0.15, 0.2) is 0 Å². The van der Waals surface area contributed by atoms with E-state index in [2.05, 4.69) is 10.4 Å². The Kier molecular flexibility index (Phi) is 3.02. The number of anilines is 2. The maximum absolute atomic E-state index is 9.10. The van der Waals surface area contributed by atoms with Gasteiger partial charge in [-0.15, -0.1) is 0 Å². The van der Waals surface area contributed by atoms with E-state index in [0.29, 0.717) is 31.6 Å². The van der Waals surface area contributed by atoms with Crippen LogP contribution in [0.15, 0.2) is 6.20 Å². The molecule has 0 radical (unpaired) electrons. The normalized spacial score (nSPS) is 17.9. The highest BCUT2D eigenvalue weighted by Gasteiger charge is 2.34. The number of aromatic nitrogens is 2. The molecule has 1 aromatic rings. The topological polar surface area (TPSA) is 96.3 Å². The molecule has 2 heterocycles. The van der Waals surface area contributed by atoms with Crippen LogP contribution in [0.5, 0.6) is 0 Å². The number of rotatable bonds is 4. The first-order chi connectivity index (χ1) is 7.71. The number of nitrogens with one attached hydrogen (secondary N) is 1. The summed E-state index contributed by atoms with van der Waals surface area (Å²) in [5, 5.41) is 25.6. The Morgan fingerprint density at radius 3 is 2.75 bits per heavy atom. The lowest BCUT2D eigenvalue weighted by Crippen LogP contribution is -2.41. The van der Waals surface area contributed by atoms with Crippen molar-refractivity contribution in [2.75, 3.05) is 30.8 Å². The van der Waals surface area contributed by atoms with Crippen LogP contribution in [-0.4, -0.2) is 39.8 Å². The number of nitrogens with zero attached hydrogens (tertiary/aromatic N) is 2. The van der Waals surface area contributed by atoms with Crippen molar-refractivity contribution >= 4 is 11.5 Å². The summed E-state index contributed by atoms with van der Waals surface area (Å²) in [6.45, 7) is 1.64. The summed E-state index contributed by atoms with van der Waals surface area (Å²) in [5.41, 5.74) is 6.26. The fourth-order valence-corrected chi connectivity index (χ4v) is 2.29. The van der Waals surface area contributed by atoms with E-state index in [1.165, 1.54) is 0 Å². The van der Waals surface area contributed by atoms with Gasteiger partial charge in [-0.25, -0.2) is 4.68 Å². The Balaban J connectivity index is 2.20. The summed E-state index contributed by atoms with van der Waals surface area (Å²) in [5.74, 6) is 0.839. The maximum atomic E-state index is 9.10. The van der Waals surface area contributed by atoms with E-state index >= 15 is 0 Å². The second-order valence-electron chi connectivity index (χ2n) is 4.41. The van der Waals surface area contributed by atoms with E-state index in [-0.39, 0.29) is 18.6 Å². The van der Waals surface area contributed by atoms with Crippen molar-refractivity contribution in [2.24, 2.45) is 5.41 Å². The molecule has 0 bridgehead atoms. The standard InChI is InChI=1S/C10H18N4O2/c11-8-5-13-14-7-10(1-3-15,2-4-16)6-12-9(8)14/h5,12,15-16H,1-4,6-7,11H2. The molecule has 6 nitrogen and oxygen atoms in total. The van der Waals surface area contributed by atoms with E-state index in [4.69, 9.17) is 15.9 Å². The summed E-state index contributed by atoms with van der Waals surface area (Å²) >= 11 is 0. The molecule has 1 aromatic heterocycles. The van der Waals surface area contributed by atoms with Gasteiger partial charge >= 0.3 is 0 Å². The predicted octanol–water partition coefficient (Wildman–Crippen LogP) is -0.358. The minimum atomic E-state index is -0.130. The molecular weight excluding hydrogens is 208 g/mol. The summed E-state index contributed by atoms with van der Waals surface area (Å²) in [4.78, 5) is 0. The van der Waals surface area contributed by atoms with E-state index < -0.39 is 0 Å². The predicted molar refractivity (Wildman–Crippen MR) is 61.0 cm³/mol. The Bertz CT molecular complexity index is 358. The molecule has 0 atom stereocenters. The third-order valence-corrected chi connectivity index (χ3v) is 3.27. The second-order valence-corrected chi connectivity index (χ2v) is 4.41. The van der Waals surface area contributed by atoms with Crippen LogP contribution in [0, 0.1) is 5.41 Å². The Morgan fingerprint density at radius 1 is 1.44 bits per heavy atom. The van der Waals surface area contributed by atoms with Gasteiger partial charge in [-0.3, -0.25) is 0 Å². The molecule has 0 fully saturated rings. The highest BCUT2D eigenvalue weighted by atomic mass is 16.3. The smallest absolute Gasteiger partial charge is 0.147 e. The average Bonchev–Trinajstić information content (AvgIpc) is 2.60. The third kappa shape index (κ3) is 1.85. The largest absolute Gasteiger partial charge is 0.396 e. The van der Waals surface area contributed by atoms with Crippen LogP contribution in [0.2, 0.25) is 0 Å². The van der Waals surface area contributed by atoms with Gasteiger partial charge < -0.3 is 21.3 Å². The van der Waals surface area contributed by atoms with Crippen molar-refractivity contribution in [2.45, 2.75) is 19.4 Å². The third-order valence-electron chi connectivity index (χ3n) is 3.27. The van der Waals surface area contributed by atoms with Crippen LogP contribution in [0.1, 0.15) is 12.8 Å². The van der Waals surface area contributed by atoms with E-state index in [0.717, 1.165) is 5.82 Å². The number of aliphatic hydroxyl groups excluding tert-OH is 2. The molecule has 0 spiro atoms. The first-order valence-electron chi connectivity index (χ1n) is 5.48. The highest BCUT2D eigenvalue weighted by Crippen LogP contribution is 2.35. The van der Waals surface area contributed by atoms with Gasteiger partial charge in [0.25, 0.3) is 0 Å². The van der Waals surface area contributed by atoms with Crippen LogP contribution < -0.4 is 11.1 Å². The van der Waals surface area contributed by atoms with E-state index in [1.807, 2.05) is 4.68 Å². The number of aliphatic hydroxyl groups is 2. The molecule has 0 aliphatic carbocycles. The molecular formula is C10H18N4O2. The molecule has 90 valence electrons. The molecule has 6 heteroatoms. The average molecular weight is 226 g/mol. The van der Waals surface area contributed by atoms with Crippen LogP contribution in [0.25, 0.3) is 0 Å². The van der Waals surface area contributed by atoms with Gasteiger partial charge in [0, 0.05) is 25.2 Å². The van der Waals surface area contributed by atoms with Crippen LogP contribution in [-0.2, 0) is 6.54 Å². The molecule has 5 N–H and O–H groups in total. The maximum Gasteiger partial charge on any atom is 0.147 e. The van der Waals surface area contributed by atoms with Gasteiger partial charge in [-0.2, -0.15) is 5.10 Å². The Morgan fingerprint density at radius 2 is 2.12 bits per heavy atom. The minimum absolute atomic E-state index is 0.119. The summed E-state index contributed by atoms with van der Waals surface area (Å²) in [7, 11) is 0. The summed E-state index contributed by atoms with van der Waals surface area (Å²) in [6, 6.07) is 0. The van der Waals surface area contributed by atoms with Crippen LogP contribution >= 0.6 is 0 Å². The van der Waals surface area contributed by atoms with Gasteiger partial charge in [0.1, 0.15) is 5.82 Å². The fraction of sp³-hybridized carbons (Fsp3) is 0.700. The van der Waals surface area contributed by atoms with Crippen molar-refractivity contribution < 1.29 is 10.2 Å². The van der Waals surface area contributed by atoms with E-state index in [1.54, 1.807) is 6.20 Å². The zero-order valence-corrected chi connectivity index (χ0v) is 9.19. The number of hydrogen-bond acceptors (Lipinski definition) is 5. The van der Waals surface area contributed by atoms with Crippen molar-refractivity contribution in [3.63, 3.8) is 0 Å². The van der Waals surface area contributed by atoms with Crippen LogP contribution in [0.4, 0.5) is 11.5 Å². The second kappa shape index (κ2) is 4.31. The van der Waals surface area contributed by atoms with Gasteiger partial charge in [0.2, 0.25) is 0 Å². The lowest BCUT2D eigenvalue weighted by Gasteiger charge is -2.37. The molecule has 0 amide bonds. The van der Waals surface area contributed by atoms with Gasteiger partial charge in [0.05, 0.1) is 18.4 Å². The summed E-state index contributed by atoms with van der Waals surface area (Å²) in [6.07, 6.45) is 2.93. The lowest BCUT2D eigenvalue weighted by atomic mass is 9.80. The number of fused-ring (bicyclic) bond motifs is 1.